The van der Waals surface area contributed by atoms with E-state index in [1.165, 1.54) is 0 Å². The van der Waals surface area contributed by atoms with Crippen molar-refractivity contribution >= 4 is 22.8 Å². The van der Waals surface area contributed by atoms with E-state index >= 15 is 0 Å². The highest BCUT2D eigenvalue weighted by Gasteiger charge is 2.17. The number of fused-ring (bicyclic) bond motifs is 1. The molecule has 3 N–H and O–H groups in total. The van der Waals surface area contributed by atoms with Crippen molar-refractivity contribution < 1.29 is 14.6 Å². The van der Waals surface area contributed by atoms with Gasteiger partial charge in [0.1, 0.15) is 5.69 Å². The maximum atomic E-state index is 8.98. The van der Waals surface area contributed by atoms with E-state index < -0.39 is 0 Å². The van der Waals surface area contributed by atoms with Gasteiger partial charge in [-0.05, 0) is 60.9 Å². The van der Waals surface area contributed by atoms with E-state index in [0.29, 0.717) is 23.7 Å². The fraction of sp³-hybridized carbons (Fsp3) is 0.207. The number of aliphatic hydroxyl groups is 1. The highest BCUT2D eigenvalue weighted by molar-refractivity contribution is 5.76. The van der Waals surface area contributed by atoms with Crippen molar-refractivity contribution in [2.24, 2.45) is 0 Å². The molecule has 0 bridgehead atoms. The average Bonchev–Trinajstić information content (AvgIpc) is 3.30. The minimum absolute atomic E-state index is 0.0616. The van der Waals surface area contributed by atoms with Crippen LogP contribution in [0.2, 0.25) is 0 Å². The van der Waals surface area contributed by atoms with Gasteiger partial charge < -0.3 is 25.2 Å². The second kappa shape index (κ2) is 11.5. The first-order chi connectivity index (χ1) is 17.5. The third-order valence-corrected chi connectivity index (χ3v) is 5.94. The normalized spacial score (nSPS) is 14.9. The Hall–Kier alpha value is -4.23. The van der Waals surface area contributed by atoms with Gasteiger partial charge in [0.15, 0.2) is 11.5 Å². The summed E-state index contributed by atoms with van der Waals surface area (Å²) in [5.41, 5.74) is 7.12. The van der Waals surface area contributed by atoms with Gasteiger partial charge in [0.05, 0.1) is 32.2 Å². The van der Waals surface area contributed by atoms with E-state index in [1.807, 2.05) is 47.1 Å². The van der Waals surface area contributed by atoms with Gasteiger partial charge in [0, 0.05) is 29.2 Å². The number of hydrogen-bond donors (Lipinski definition) is 3. The van der Waals surface area contributed by atoms with Crippen LogP contribution in [0.5, 0.6) is 11.5 Å². The minimum Gasteiger partial charge on any atom is -0.493 e. The molecule has 0 fully saturated rings. The van der Waals surface area contributed by atoms with Gasteiger partial charge in [-0.25, -0.2) is 4.68 Å². The number of nitrogens with zero attached hydrogens (tertiary/aromatic N) is 2. The molecule has 0 saturated heterocycles. The summed E-state index contributed by atoms with van der Waals surface area (Å²) >= 11 is 0. The van der Waals surface area contributed by atoms with Crippen LogP contribution in [0.15, 0.2) is 79.9 Å². The maximum Gasteiger partial charge on any atom is 0.161 e. The van der Waals surface area contributed by atoms with Gasteiger partial charge in [-0.1, -0.05) is 37.4 Å². The molecule has 7 heteroatoms. The molecule has 1 aliphatic rings. The molecular formula is C29H32N4O3. The van der Waals surface area contributed by atoms with E-state index in [9.17, 15) is 0 Å². The highest BCUT2D eigenvalue weighted by atomic mass is 16.5. The standard InChI is InChI=1S/C29H32N4O3/c1-20(30-16-17-34)22-10-13-24(14-11-22)31-21(2)26-19-25-8-6-5-7-9-27(33(25)32-26)23-12-15-28(35-3)29(18-23)36-4/h5,7,9-15,18-19,30-31,34H,1-2,6,8,16-17H2,3-4H3/b7-5-,27-9-. The molecule has 0 spiro atoms. The van der Waals surface area contributed by atoms with Gasteiger partial charge >= 0.3 is 0 Å². The number of nitrogens with one attached hydrogen (secondary N) is 2. The molecule has 0 saturated carbocycles. The van der Waals surface area contributed by atoms with E-state index in [2.05, 4.69) is 48.1 Å². The van der Waals surface area contributed by atoms with E-state index in [-0.39, 0.29) is 6.61 Å². The lowest BCUT2D eigenvalue weighted by Gasteiger charge is -2.15. The third kappa shape index (κ3) is 5.53. The van der Waals surface area contributed by atoms with Crippen LogP contribution in [0.3, 0.4) is 0 Å². The first-order valence-electron chi connectivity index (χ1n) is 11.8. The van der Waals surface area contributed by atoms with E-state index in [1.54, 1.807) is 14.2 Å². The van der Waals surface area contributed by atoms with Gasteiger partial charge in [-0.3, -0.25) is 0 Å². The summed E-state index contributed by atoms with van der Waals surface area (Å²) in [6.07, 6.45) is 8.08. The molecule has 4 rings (SSSR count). The second-order valence-corrected chi connectivity index (χ2v) is 8.33. The van der Waals surface area contributed by atoms with E-state index in [4.69, 9.17) is 19.7 Å². The van der Waals surface area contributed by atoms with Gasteiger partial charge in [-0.2, -0.15) is 5.10 Å². The summed E-state index contributed by atoms with van der Waals surface area (Å²) in [5.74, 6) is 1.35. The Morgan fingerprint density at radius 2 is 1.81 bits per heavy atom. The SMILES string of the molecule is C=C(NCCO)c1ccc(NC(=C)c2cc3n(n2)/C(c2ccc(OC)c(OC)c2)=C\C=C/CC3)cc1. The summed E-state index contributed by atoms with van der Waals surface area (Å²) in [6.45, 7) is 8.78. The predicted molar refractivity (Wildman–Crippen MR) is 146 cm³/mol. The number of allylic oxidation sites excluding steroid dienone is 3. The van der Waals surface area contributed by atoms with Crippen molar-refractivity contribution in [1.82, 2.24) is 15.1 Å². The van der Waals surface area contributed by atoms with Crippen molar-refractivity contribution in [3.8, 4) is 11.5 Å². The Labute approximate surface area is 212 Å². The summed E-state index contributed by atoms with van der Waals surface area (Å²) in [7, 11) is 3.26. The number of benzene rings is 2. The zero-order valence-electron chi connectivity index (χ0n) is 20.8. The molecule has 0 aliphatic carbocycles. The number of methoxy groups -OCH3 is 2. The van der Waals surface area contributed by atoms with Crippen LogP contribution in [-0.2, 0) is 6.42 Å². The highest BCUT2D eigenvalue weighted by Crippen LogP contribution is 2.32. The smallest absolute Gasteiger partial charge is 0.161 e. The van der Waals surface area contributed by atoms with Crippen LogP contribution in [0.4, 0.5) is 5.69 Å². The number of aromatic nitrogens is 2. The predicted octanol–water partition coefficient (Wildman–Crippen LogP) is 4.93. The number of rotatable bonds is 10. The second-order valence-electron chi connectivity index (χ2n) is 8.33. The van der Waals surface area contributed by atoms with Crippen LogP contribution < -0.4 is 20.1 Å². The molecule has 186 valence electrons. The Morgan fingerprint density at radius 3 is 2.53 bits per heavy atom. The molecule has 0 unspecified atom stereocenters. The van der Waals surface area contributed by atoms with Crippen molar-refractivity contribution in [1.29, 1.82) is 0 Å². The number of aliphatic hydroxyl groups excluding tert-OH is 1. The lowest BCUT2D eigenvalue weighted by atomic mass is 10.1. The largest absolute Gasteiger partial charge is 0.493 e. The Bertz CT molecular complexity index is 1300. The fourth-order valence-corrected chi connectivity index (χ4v) is 4.03. The molecule has 0 radical (unpaired) electrons. The Balaban J connectivity index is 1.58. The summed E-state index contributed by atoms with van der Waals surface area (Å²) in [5, 5.41) is 20.3. The molecule has 36 heavy (non-hydrogen) atoms. The zero-order chi connectivity index (χ0) is 25.5. The van der Waals surface area contributed by atoms with Crippen molar-refractivity contribution in [3.05, 3.63) is 102 Å². The number of hydrogen-bond acceptors (Lipinski definition) is 6. The third-order valence-electron chi connectivity index (χ3n) is 5.94. The molecule has 3 aromatic rings. The maximum absolute atomic E-state index is 8.98. The van der Waals surface area contributed by atoms with Crippen LogP contribution in [0.1, 0.15) is 28.9 Å². The van der Waals surface area contributed by atoms with Crippen LogP contribution in [-0.4, -0.2) is 42.3 Å². The molecule has 7 nitrogen and oxygen atoms in total. The topological polar surface area (TPSA) is 80.6 Å². The van der Waals surface area contributed by atoms with Crippen molar-refractivity contribution in [3.63, 3.8) is 0 Å². The van der Waals surface area contributed by atoms with Crippen LogP contribution in [0.25, 0.3) is 17.1 Å². The molecule has 0 amide bonds. The number of aryl methyl sites for hydroxylation is 1. The molecule has 0 atom stereocenters. The molecule has 2 heterocycles. The molecule has 1 aromatic heterocycles. The lowest BCUT2D eigenvalue weighted by molar-refractivity contribution is 0.299. The monoisotopic (exact) mass is 484 g/mol. The molecule has 1 aliphatic heterocycles. The fourth-order valence-electron chi connectivity index (χ4n) is 4.03. The van der Waals surface area contributed by atoms with Gasteiger partial charge in [-0.15, -0.1) is 0 Å². The summed E-state index contributed by atoms with van der Waals surface area (Å²) in [4.78, 5) is 0. The first kappa shape index (κ1) is 24.9. The minimum atomic E-state index is 0.0616. The van der Waals surface area contributed by atoms with Crippen LogP contribution in [0, 0.1) is 0 Å². The average molecular weight is 485 g/mol. The van der Waals surface area contributed by atoms with Crippen molar-refractivity contribution in [2.45, 2.75) is 12.8 Å². The van der Waals surface area contributed by atoms with E-state index in [0.717, 1.165) is 52.4 Å². The van der Waals surface area contributed by atoms with Crippen LogP contribution >= 0.6 is 0 Å². The summed E-state index contributed by atoms with van der Waals surface area (Å²) < 4.78 is 12.9. The first-order valence-corrected chi connectivity index (χ1v) is 11.8. The Morgan fingerprint density at radius 1 is 1.03 bits per heavy atom. The number of ether oxygens (including phenoxy) is 2. The zero-order valence-corrected chi connectivity index (χ0v) is 20.8. The molecule has 2 aromatic carbocycles. The van der Waals surface area contributed by atoms with Crippen molar-refractivity contribution in [2.75, 3.05) is 32.7 Å². The van der Waals surface area contributed by atoms with Gasteiger partial charge in [0.2, 0.25) is 0 Å². The quantitative estimate of drug-likeness (QED) is 0.379. The van der Waals surface area contributed by atoms with Gasteiger partial charge in [0.25, 0.3) is 0 Å². The number of anilines is 1. The Kier molecular flexibility index (Phi) is 7.92. The lowest BCUT2D eigenvalue weighted by Crippen LogP contribution is -2.15. The summed E-state index contributed by atoms with van der Waals surface area (Å²) in [6, 6.07) is 15.8. The molecular weight excluding hydrogens is 452 g/mol.